The minimum absolute atomic E-state index is 0. The summed E-state index contributed by atoms with van der Waals surface area (Å²) in [7, 11) is 2.68. The van der Waals surface area contributed by atoms with E-state index in [-0.39, 0.29) is 35.3 Å². The Balaban J connectivity index is 0.00000289. The van der Waals surface area contributed by atoms with Crippen LogP contribution in [0.25, 0.3) is 0 Å². The number of carbonyl (C=O) groups is 2. The Morgan fingerprint density at radius 3 is 2.33 bits per heavy atom. The lowest BCUT2D eigenvalue weighted by Gasteiger charge is -2.12. The number of nitrogens with one attached hydrogen (secondary N) is 1. The van der Waals surface area contributed by atoms with Gasteiger partial charge in [-0.05, 0) is 6.07 Å². The molecule has 0 fully saturated rings. The molecule has 18 heavy (non-hydrogen) atoms. The summed E-state index contributed by atoms with van der Waals surface area (Å²) in [5.41, 5.74) is 6.57. The second-order valence-corrected chi connectivity index (χ2v) is 3.31. The van der Waals surface area contributed by atoms with Gasteiger partial charge in [-0.15, -0.1) is 12.4 Å². The molecule has 1 amide bonds. The van der Waals surface area contributed by atoms with E-state index in [2.05, 4.69) is 10.1 Å². The number of amides is 1. The zero-order chi connectivity index (χ0) is 13.0. The molecule has 0 aromatic heterocycles. The smallest absolute Gasteiger partial charge is 0.341 e. The molecule has 6 nitrogen and oxygen atoms in total. The molecule has 0 aliphatic heterocycles. The van der Waals surface area contributed by atoms with Crippen molar-refractivity contribution in [3.05, 3.63) is 17.7 Å². The zero-order valence-electron chi connectivity index (χ0n) is 10.3. The molecule has 0 atom stereocenters. The lowest BCUT2D eigenvalue weighted by Crippen LogP contribution is -2.11. The van der Waals surface area contributed by atoms with Crippen LogP contribution in [0.1, 0.15) is 17.3 Å². The molecule has 3 N–H and O–H groups in total. The first-order chi connectivity index (χ1) is 7.99. The third-order valence-corrected chi connectivity index (χ3v) is 2.09. The van der Waals surface area contributed by atoms with Gasteiger partial charge in [-0.2, -0.15) is 0 Å². The van der Waals surface area contributed by atoms with Gasteiger partial charge in [0, 0.05) is 13.0 Å². The first-order valence-corrected chi connectivity index (χ1v) is 4.83. The summed E-state index contributed by atoms with van der Waals surface area (Å²) in [5, 5.41) is 2.54. The van der Waals surface area contributed by atoms with Gasteiger partial charge >= 0.3 is 5.97 Å². The van der Waals surface area contributed by atoms with E-state index < -0.39 is 5.97 Å². The molecule has 0 unspecified atom stereocenters. The summed E-state index contributed by atoms with van der Waals surface area (Å²) >= 11 is 0. The number of benzene rings is 1. The highest BCUT2D eigenvalue weighted by Gasteiger charge is 2.16. The van der Waals surface area contributed by atoms with E-state index in [1.807, 2.05) is 0 Å². The third kappa shape index (κ3) is 3.53. The Morgan fingerprint density at radius 1 is 1.28 bits per heavy atom. The average Bonchev–Trinajstić information content (AvgIpc) is 2.29. The van der Waals surface area contributed by atoms with E-state index in [1.165, 1.54) is 33.3 Å². The predicted octanol–water partition coefficient (Wildman–Crippen LogP) is 1.44. The summed E-state index contributed by atoms with van der Waals surface area (Å²) in [4.78, 5) is 22.4. The molecule has 0 heterocycles. The van der Waals surface area contributed by atoms with Crippen LogP contribution in [0.5, 0.6) is 5.75 Å². The SMILES string of the molecule is COC(=O)c1cc(N)c(NC(C)=O)cc1OC.Cl. The largest absolute Gasteiger partial charge is 0.496 e. The highest BCUT2D eigenvalue weighted by atomic mass is 35.5. The molecule has 7 heteroatoms. The molecule has 0 bridgehead atoms. The van der Waals surface area contributed by atoms with Crippen molar-refractivity contribution in [3.8, 4) is 5.75 Å². The molecular formula is C11H15ClN2O4. The minimum atomic E-state index is -0.553. The fourth-order valence-corrected chi connectivity index (χ4v) is 1.33. The molecule has 1 aromatic rings. The number of esters is 1. The summed E-state index contributed by atoms with van der Waals surface area (Å²) in [5.74, 6) is -0.526. The normalized spacial score (nSPS) is 9.06. The van der Waals surface area contributed by atoms with Crippen LogP contribution in [-0.4, -0.2) is 26.1 Å². The van der Waals surface area contributed by atoms with Crippen molar-refractivity contribution in [1.82, 2.24) is 0 Å². The highest BCUT2D eigenvalue weighted by molar-refractivity contribution is 5.98. The van der Waals surface area contributed by atoms with Gasteiger partial charge in [0.1, 0.15) is 11.3 Å². The summed E-state index contributed by atoms with van der Waals surface area (Å²) in [6.07, 6.45) is 0. The predicted molar refractivity (Wildman–Crippen MR) is 70.3 cm³/mol. The van der Waals surface area contributed by atoms with Crippen molar-refractivity contribution in [3.63, 3.8) is 0 Å². The van der Waals surface area contributed by atoms with Crippen molar-refractivity contribution in [2.24, 2.45) is 0 Å². The molecule has 0 radical (unpaired) electrons. The second-order valence-electron chi connectivity index (χ2n) is 3.31. The number of hydrogen-bond acceptors (Lipinski definition) is 5. The number of anilines is 2. The standard InChI is InChI=1S/C11H14N2O4.ClH/c1-6(14)13-9-5-10(16-2)7(4-8(9)12)11(15)17-3;/h4-5H,12H2,1-3H3,(H,13,14);1H. The number of hydrogen-bond donors (Lipinski definition) is 2. The third-order valence-electron chi connectivity index (χ3n) is 2.09. The summed E-state index contributed by atoms with van der Waals surface area (Å²) in [6.45, 7) is 1.36. The van der Waals surface area contributed by atoms with Gasteiger partial charge in [-0.25, -0.2) is 4.79 Å². The fraction of sp³-hybridized carbons (Fsp3) is 0.273. The molecule has 0 aliphatic carbocycles. The van der Waals surface area contributed by atoms with E-state index >= 15 is 0 Å². The molecule has 0 aliphatic rings. The van der Waals surface area contributed by atoms with Gasteiger partial charge in [0.05, 0.1) is 25.6 Å². The van der Waals surface area contributed by atoms with Crippen LogP contribution in [0.15, 0.2) is 12.1 Å². The Morgan fingerprint density at radius 2 is 1.89 bits per heavy atom. The Bertz CT molecular complexity index is 463. The Labute approximate surface area is 111 Å². The van der Waals surface area contributed by atoms with E-state index in [0.29, 0.717) is 5.69 Å². The van der Waals surface area contributed by atoms with Gasteiger partial charge in [0.2, 0.25) is 5.91 Å². The van der Waals surface area contributed by atoms with Gasteiger partial charge in [0.25, 0.3) is 0 Å². The van der Waals surface area contributed by atoms with Crippen molar-refractivity contribution in [2.75, 3.05) is 25.3 Å². The van der Waals surface area contributed by atoms with E-state index in [9.17, 15) is 9.59 Å². The maximum atomic E-state index is 11.4. The fourth-order valence-electron chi connectivity index (χ4n) is 1.33. The molecule has 0 spiro atoms. The number of carbonyl (C=O) groups excluding carboxylic acids is 2. The number of ether oxygens (including phenoxy) is 2. The Hall–Kier alpha value is -1.95. The van der Waals surface area contributed by atoms with Crippen LogP contribution in [0, 0.1) is 0 Å². The lowest BCUT2D eigenvalue weighted by molar-refractivity contribution is -0.114. The zero-order valence-corrected chi connectivity index (χ0v) is 11.1. The molecule has 0 saturated heterocycles. The van der Waals surface area contributed by atoms with Gasteiger partial charge in [0.15, 0.2) is 0 Å². The van der Waals surface area contributed by atoms with Crippen LogP contribution in [0.3, 0.4) is 0 Å². The minimum Gasteiger partial charge on any atom is -0.496 e. The Kier molecular flexibility index (Phi) is 5.98. The monoisotopic (exact) mass is 274 g/mol. The number of nitrogens with two attached hydrogens (primary N) is 1. The van der Waals surface area contributed by atoms with Crippen LogP contribution in [0.4, 0.5) is 11.4 Å². The topological polar surface area (TPSA) is 90.6 Å². The van der Waals surface area contributed by atoms with Crippen molar-refractivity contribution >= 4 is 35.7 Å². The lowest BCUT2D eigenvalue weighted by atomic mass is 10.1. The van der Waals surface area contributed by atoms with Crippen molar-refractivity contribution in [1.29, 1.82) is 0 Å². The van der Waals surface area contributed by atoms with Crippen LogP contribution in [0.2, 0.25) is 0 Å². The number of methoxy groups -OCH3 is 2. The molecule has 1 rings (SSSR count). The van der Waals surface area contributed by atoms with E-state index in [4.69, 9.17) is 10.5 Å². The first kappa shape index (κ1) is 16.1. The van der Waals surface area contributed by atoms with Crippen LogP contribution in [-0.2, 0) is 9.53 Å². The van der Waals surface area contributed by atoms with E-state index in [1.54, 1.807) is 0 Å². The maximum absolute atomic E-state index is 11.4. The first-order valence-electron chi connectivity index (χ1n) is 4.83. The highest BCUT2D eigenvalue weighted by Crippen LogP contribution is 2.29. The van der Waals surface area contributed by atoms with Gasteiger partial charge in [-0.3, -0.25) is 4.79 Å². The number of halogens is 1. The molecule has 0 saturated carbocycles. The molecule has 1 aromatic carbocycles. The molecule has 100 valence electrons. The van der Waals surface area contributed by atoms with Crippen molar-refractivity contribution in [2.45, 2.75) is 6.92 Å². The quantitative estimate of drug-likeness (QED) is 0.643. The van der Waals surface area contributed by atoms with Crippen LogP contribution >= 0.6 is 12.4 Å². The summed E-state index contributed by atoms with van der Waals surface area (Å²) < 4.78 is 9.63. The maximum Gasteiger partial charge on any atom is 0.341 e. The van der Waals surface area contributed by atoms with Gasteiger partial charge < -0.3 is 20.5 Å². The second kappa shape index (κ2) is 6.70. The van der Waals surface area contributed by atoms with Gasteiger partial charge in [-0.1, -0.05) is 0 Å². The average molecular weight is 275 g/mol. The number of nitrogen functional groups attached to an aromatic ring is 1. The van der Waals surface area contributed by atoms with Crippen molar-refractivity contribution < 1.29 is 19.1 Å². The number of rotatable bonds is 3. The van der Waals surface area contributed by atoms with Crippen LogP contribution < -0.4 is 15.8 Å². The van der Waals surface area contributed by atoms with E-state index in [0.717, 1.165) is 0 Å². The summed E-state index contributed by atoms with van der Waals surface area (Å²) in [6, 6.07) is 2.87. The molecular weight excluding hydrogens is 260 g/mol.